The van der Waals surface area contributed by atoms with Crippen LogP contribution in [0.5, 0.6) is 0 Å². The lowest BCUT2D eigenvalue weighted by Gasteiger charge is -2.09. The van der Waals surface area contributed by atoms with Gasteiger partial charge in [0.2, 0.25) is 0 Å². The molecular formula is C24H21FN6O2. The molecule has 4 rings (SSSR count). The number of carbonyl (C=O) groups excluding carboxylic acids is 2. The van der Waals surface area contributed by atoms with E-state index in [-0.39, 0.29) is 24.0 Å². The summed E-state index contributed by atoms with van der Waals surface area (Å²) in [5, 5.41) is 12.5. The minimum absolute atomic E-state index is 0.169. The van der Waals surface area contributed by atoms with E-state index in [0.29, 0.717) is 12.2 Å². The van der Waals surface area contributed by atoms with E-state index in [1.165, 1.54) is 23.0 Å². The Morgan fingerprint density at radius 3 is 2.48 bits per heavy atom. The zero-order chi connectivity index (χ0) is 23.0. The quantitative estimate of drug-likeness (QED) is 0.405. The highest BCUT2D eigenvalue weighted by Gasteiger charge is 2.12. The van der Waals surface area contributed by atoms with Crippen LogP contribution < -0.4 is 16.0 Å². The first-order valence-electron chi connectivity index (χ1n) is 10.2. The third-order valence-electron chi connectivity index (χ3n) is 4.76. The molecule has 0 aliphatic rings. The molecule has 0 spiro atoms. The van der Waals surface area contributed by atoms with E-state index < -0.39 is 11.7 Å². The van der Waals surface area contributed by atoms with Crippen LogP contribution >= 0.6 is 0 Å². The number of benzene rings is 2. The zero-order valence-corrected chi connectivity index (χ0v) is 17.5. The van der Waals surface area contributed by atoms with Gasteiger partial charge in [0.05, 0.1) is 0 Å². The zero-order valence-electron chi connectivity index (χ0n) is 17.5. The molecule has 0 unspecified atom stereocenters. The number of para-hydroxylation sites is 1. The molecule has 0 aliphatic heterocycles. The minimum atomic E-state index is -0.429. The molecule has 3 N–H and O–H groups in total. The van der Waals surface area contributed by atoms with Crippen molar-refractivity contribution in [1.29, 1.82) is 0 Å². The van der Waals surface area contributed by atoms with Gasteiger partial charge >= 0.3 is 6.03 Å². The molecule has 2 heterocycles. The van der Waals surface area contributed by atoms with Gasteiger partial charge < -0.3 is 16.0 Å². The van der Waals surface area contributed by atoms with Crippen LogP contribution in [-0.4, -0.2) is 26.7 Å². The predicted molar refractivity (Wildman–Crippen MR) is 121 cm³/mol. The van der Waals surface area contributed by atoms with Gasteiger partial charge in [-0.15, -0.1) is 0 Å². The molecule has 8 nitrogen and oxygen atoms in total. The summed E-state index contributed by atoms with van der Waals surface area (Å²) in [5.41, 5.74) is 2.76. The Bertz CT molecular complexity index is 1260. The summed E-state index contributed by atoms with van der Waals surface area (Å²) in [6.07, 6.45) is 4.86. The summed E-state index contributed by atoms with van der Waals surface area (Å²) in [5.74, 6) is -0.819. The van der Waals surface area contributed by atoms with Crippen LogP contribution in [0.3, 0.4) is 0 Å². The first-order chi connectivity index (χ1) is 16.1. The normalized spacial score (nSPS) is 10.5. The third-order valence-corrected chi connectivity index (χ3v) is 4.76. The molecule has 166 valence electrons. The summed E-state index contributed by atoms with van der Waals surface area (Å²) in [6.45, 7) is 0.614. The van der Waals surface area contributed by atoms with Gasteiger partial charge in [-0.2, -0.15) is 5.10 Å². The molecule has 33 heavy (non-hydrogen) atoms. The number of urea groups is 1. The number of nitrogens with one attached hydrogen (secondary N) is 3. The molecule has 0 aliphatic carbocycles. The lowest BCUT2D eigenvalue weighted by atomic mass is 10.2. The van der Waals surface area contributed by atoms with Crippen molar-refractivity contribution < 1.29 is 14.0 Å². The Morgan fingerprint density at radius 1 is 0.879 bits per heavy atom. The van der Waals surface area contributed by atoms with Gasteiger partial charge in [0.1, 0.15) is 11.5 Å². The number of rotatable bonds is 7. The van der Waals surface area contributed by atoms with Crippen molar-refractivity contribution in [3.63, 3.8) is 0 Å². The maximum Gasteiger partial charge on any atom is 0.319 e. The van der Waals surface area contributed by atoms with Gasteiger partial charge in [-0.3, -0.25) is 9.78 Å². The predicted octanol–water partition coefficient (Wildman–Crippen LogP) is 3.66. The van der Waals surface area contributed by atoms with Crippen LogP contribution in [0, 0.1) is 5.82 Å². The van der Waals surface area contributed by atoms with Crippen molar-refractivity contribution in [2.45, 2.75) is 13.1 Å². The van der Waals surface area contributed by atoms with Crippen LogP contribution in [-0.2, 0) is 13.1 Å². The second-order valence-corrected chi connectivity index (χ2v) is 7.14. The first-order valence-corrected chi connectivity index (χ1v) is 10.2. The SMILES string of the molecule is O=C(NCc1ccncc1)Nc1cccc(CNC(=O)c2ccn(-c3ccccc3F)n2)c1. The molecule has 0 saturated carbocycles. The van der Waals surface area contributed by atoms with Gasteiger partial charge in [0.25, 0.3) is 5.91 Å². The smallest absolute Gasteiger partial charge is 0.319 e. The number of hydrogen-bond acceptors (Lipinski definition) is 4. The number of carbonyl (C=O) groups is 2. The van der Waals surface area contributed by atoms with Gasteiger partial charge in [0.15, 0.2) is 5.69 Å². The average Bonchev–Trinajstić information content (AvgIpc) is 3.33. The second-order valence-electron chi connectivity index (χ2n) is 7.14. The van der Waals surface area contributed by atoms with Crippen molar-refractivity contribution in [3.8, 4) is 5.69 Å². The van der Waals surface area contributed by atoms with Crippen LogP contribution in [0.1, 0.15) is 21.6 Å². The number of amides is 3. The molecule has 0 atom stereocenters. The summed E-state index contributed by atoms with van der Waals surface area (Å²) >= 11 is 0. The summed E-state index contributed by atoms with van der Waals surface area (Å²) in [7, 11) is 0. The molecule has 2 aromatic heterocycles. The van der Waals surface area contributed by atoms with Crippen molar-refractivity contribution in [2.75, 3.05) is 5.32 Å². The van der Waals surface area contributed by atoms with E-state index in [1.807, 2.05) is 18.2 Å². The summed E-state index contributed by atoms with van der Waals surface area (Å²) in [6, 6.07) is 18.2. The van der Waals surface area contributed by atoms with Gasteiger partial charge in [0, 0.05) is 37.4 Å². The third kappa shape index (κ3) is 5.79. The molecule has 0 fully saturated rings. The molecule has 0 saturated heterocycles. The number of aromatic nitrogens is 3. The fourth-order valence-corrected chi connectivity index (χ4v) is 3.11. The van der Waals surface area contributed by atoms with E-state index in [1.54, 1.807) is 48.8 Å². The van der Waals surface area contributed by atoms with Crippen LogP contribution in [0.25, 0.3) is 5.69 Å². The summed E-state index contributed by atoms with van der Waals surface area (Å²) < 4.78 is 15.2. The Labute approximate surface area is 189 Å². The Balaban J connectivity index is 1.31. The molecule has 4 aromatic rings. The maximum absolute atomic E-state index is 13.9. The molecule has 2 aromatic carbocycles. The highest BCUT2D eigenvalue weighted by molar-refractivity contribution is 5.92. The van der Waals surface area contributed by atoms with E-state index >= 15 is 0 Å². The molecule has 0 radical (unpaired) electrons. The van der Waals surface area contributed by atoms with Crippen molar-refractivity contribution in [2.24, 2.45) is 0 Å². The molecule has 9 heteroatoms. The first kappa shape index (κ1) is 21.7. The number of hydrogen-bond donors (Lipinski definition) is 3. The van der Waals surface area contributed by atoms with Gasteiger partial charge in [-0.1, -0.05) is 24.3 Å². The molecule has 0 bridgehead atoms. The number of halogens is 1. The van der Waals surface area contributed by atoms with Crippen LogP contribution in [0.4, 0.5) is 14.9 Å². The number of pyridine rings is 1. The lowest BCUT2D eigenvalue weighted by molar-refractivity contribution is 0.0945. The van der Waals surface area contributed by atoms with Gasteiger partial charge in [-0.05, 0) is 53.6 Å². The molecule has 3 amide bonds. The minimum Gasteiger partial charge on any atom is -0.347 e. The number of nitrogens with zero attached hydrogens (tertiary/aromatic N) is 3. The van der Waals surface area contributed by atoms with E-state index in [0.717, 1.165) is 11.1 Å². The maximum atomic E-state index is 13.9. The Morgan fingerprint density at radius 2 is 1.67 bits per heavy atom. The van der Waals surface area contributed by atoms with E-state index in [4.69, 9.17) is 0 Å². The van der Waals surface area contributed by atoms with E-state index in [9.17, 15) is 14.0 Å². The second kappa shape index (κ2) is 10.2. The van der Waals surface area contributed by atoms with Crippen molar-refractivity contribution in [3.05, 3.63) is 108 Å². The summed E-state index contributed by atoms with van der Waals surface area (Å²) in [4.78, 5) is 28.6. The van der Waals surface area contributed by atoms with Crippen LogP contribution in [0.2, 0.25) is 0 Å². The fraction of sp³-hybridized carbons (Fsp3) is 0.0833. The van der Waals surface area contributed by atoms with Crippen molar-refractivity contribution >= 4 is 17.6 Å². The topological polar surface area (TPSA) is 101 Å². The lowest BCUT2D eigenvalue weighted by Crippen LogP contribution is -2.28. The highest BCUT2D eigenvalue weighted by atomic mass is 19.1. The van der Waals surface area contributed by atoms with E-state index in [2.05, 4.69) is 26.0 Å². The Hall–Kier alpha value is -4.53. The van der Waals surface area contributed by atoms with Crippen molar-refractivity contribution in [1.82, 2.24) is 25.4 Å². The highest BCUT2D eigenvalue weighted by Crippen LogP contribution is 2.13. The fourth-order valence-electron chi connectivity index (χ4n) is 3.11. The average molecular weight is 444 g/mol. The van der Waals surface area contributed by atoms with Crippen LogP contribution in [0.15, 0.2) is 85.3 Å². The molecular weight excluding hydrogens is 423 g/mol. The largest absolute Gasteiger partial charge is 0.347 e. The van der Waals surface area contributed by atoms with Gasteiger partial charge in [-0.25, -0.2) is 13.9 Å². The monoisotopic (exact) mass is 444 g/mol. The standard InChI is InChI=1S/C24H21FN6O2/c25-20-6-1-2-7-22(20)31-13-10-21(30-31)23(32)27-16-18-4-3-5-19(14-18)29-24(33)28-15-17-8-11-26-12-9-17/h1-14H,15-16H2,(H,27,32)(H2,28,29,33). The Kier molecular flexibility index (Phi) is 6.70. The number of anilines is 1.